The van der Waals surface area contributed by atoms with Crippen LogP contribution in [-0.2, 0) is 11.3 Å². The van der Waals surface area contributed by atoms with Crippen molar-refractivity contribution in [1.82, 2.24) is 9.56 Å². The van der Waals surface area contributed by atoms with Crippen LogP contribution in [-0.4, -0.2) is 28.2 Å². The number of benzene rings is 2. The lowest BCUT2D eigenvalue weighted by atomic mass is 10.1. The summed E-state index contributed by atoms with van der Waals surface area (Å²) in [6, 6.07) is 14.1. The second kappa shape index (κ2) is 8.15. The Balaban J connectivity index is 1.31. The number of nitrogens with zero attached hydrogens (tertiary/aromatic N) is 2. The van der Waals surface area contributed by atoms with Crippen LogP contribution in [0.1, 0.15) is 32.2 Å². The number of para-hydroxylation sites is 1. The van der Waals surface area contributed by atoms with Gasteiger partial charge in [-0.1, -0.05) is 12.1 Å². The molecule has 0 radical (unpaired) electrons. The lowest BCUT2D eigenvalue weighted by molar-refractivity contribution is 0.0469. The van der Waals surface area contributed by atoms with E-state index in [1.165, 1.54) is 12.1 Å². The average molecular weight is 447 g/mol. The number of aromatic nitrogens is 2. The summed E-state index contributed by atoms with van der Waals surface area (Å²) in [5, 5.41) is 2.72. The molecule has 4 aromatic rings. The first-order valence-electron chi connectivity index (χ1n) is 9.95. The number of carbonyl (C=O) groups is 2. The monoisotopic (exact) mass is 447 g/mol. The van der Waals surface area contributed by atoms with Gasteiger partial charge < -0.3 is 24.1 Å². The summed E-state index contributed by atoms with van der Waals surface area (Å²) < 4.78 is 22.2. The lowest BCUT2D eigenvalue weighted by Gasteiger charge is -2.11. The highest BCUT2D eigenvalue weighted by Gasteiger charge is 2.19. The standard InChI is InChI=1S/C23H17N3O7/c1-13-8-20-24-15(10-21(27)26(20)33-13)11-30-23(29)16-4-2-3-5-17(16)25-22(28)14-6-7-18-19(9-14)32-12-31-18/h2-10H,11-12H2,1H3,(H,25,28). The summed E-state index contributed by atoms with van der Waals surface area (Å²) >= 11 is 0. The van der Waals surface area contributed by atoms with Crippen molar-refractivity contribution < 1.29 is 28.3 Å². The van der Waals surface area contributed by atoms with E-state index < -0.39 is 17.4 Å². The van der Waals surface area contributed by atoms with Crippen molar-refractivity contribution in [3.05, 3.63) is 87.5 Å². The van der Waals surface area contributed by atoms with Crippen molar-refractivity contribution in [3.63, 3.8) is 0 Å². The Bertz CT molecular complexity index is 1450. The minimum atomic E-state index is -0.679. The third-order valence-electron chi connectivity index (χ3n) is 4.91. The molecule has 0 spiro atoms. The van der Waals surface area contributed by atoms with Gasteiger partial charge in [0.25, 0.3) is 11.5 Å². The maximum Gasteiger partial charge on any atom is 0.340 e. The summed E-state index contributed by atoms with van der Waals surface area (Å²) in [7, 11) is 0. The minimum absolute atomic E-state index is 0.101. The molecular formula is C23H17N3O7. The van der Waals surface area contributed by atoms with E-state index in [9.17, 15) is 14.4 Å². The van der Waals surface area contributed by atoms with Crippen LogP contribution in [0.4, 0.5) is 5.69 Å². The molecule has 2 aromatic heterocycles. The number of rotatable bonds is 5. The van der Waals surface area contributed by atoms with E-state index in [1.807, 2.05) is 0 Å². The van der Waals surface area contributed by atoms with Crippen molar-refractivity contribution in [2.45, 2.75) is 13.5 Å². The Morgan fingerprint density at radius 2 is 1.91 bits per heavy atom. The van der Waals surface area contributed by atoms with Gasteiger partial charge in [-0.3, -0.25) is 9.59 Å². The molecule has 2 aromatic carbocycles. The third kappa shape index (κ3) is 4.01. The molecule has 0 unspecified atom stereocenters. The van der Waals surface area contributed by atoms with Crippen LogP contribution in [0.3, 0.4) is 0 Å². The van der Waals surface area contributed by atoms with E-state index in [0.29, 0.717) is 28.5 Å². The number of anilines is 1. The summed E-state index contributed by atoms with van der Waals surface area (Å²) in [6.07, 6.45) is 0. The summed E-state index contributed by atoms with van der Waals surface area (Å²) in [5.41, 5.74) is 0.951. The SMILES string of the molecule is Cc1cc2nc(COC(=O)c3ccccc3NC(=O)c3ccc4c(c3)OCO4)cc(=O)n2o1. The van der Waals surface area contributed by atoms with E-state index in [1.54, 1.807) is 49.4 Å². The molecule has 10 nitrogen and oxygen atoms in total. The highest BCUT2D eigenvalue weighted by atomic mass is 16.7. The smallest absolute Gasteiger partial charge is 0.340 e. The molecule has 1 amide bonds. The molecule has 166 valence electrons. The Morgan fingerprint density at radius 1 is 1.09 bits per heavy atom. The van der Waals surface area contributed by atoms with Crippen molar-refractivity contribution in [3.8, 4) is 11.5 Å². The topological polar surface area (TPSA) is 121 Å². The van der Waals surface area contributed by atoms with Gasteiger partial charge in [0.05, 0.1) is 16.9 Å². The van der Waals surface area contributed by atoms with E-state index in [-0.39, 0.29) is 30.3 Å². The van der Waals surface area contributed by atoms with Crippen molar-refractivity contribution in [2.24, 2.45) is 0 Å². The molecule has 0 bridgehead atoms. The van der Waals surface area contributed by atoms with Gasteiger partial charge in [0.1, 0.15) is 12.4 Å². The first kappa shape index (κ1) is 20.3. The maximum atomic E-state index is 12.7. The van der Waals surface area contributed by atoms with E-state index in [0.717, 1.165) is 4.57 Å². The molecule has 0 saturated heterocycles. The molecule has 10 heteroatoms. The fourth-order valence-corrected chi connectivity index (χ4v) is 3.37. The van der Waals surface area contributed by atoms with Gasteiger partial charge >= 0.3 is 5.97 Å². The Hall–Kier alpha value is -4.60. The molecule has 33 heavy (non-hydrogen) atoms. The fourth-order valence-electron chi connectivity index (χ4n) is 3.37. The second-order valence-corrected chi connectivity index (χ2v) is 7.23. The predicted octanol–water partition coefficient (Wildman–Crippen LogP) is 2.93. The molecule has 0 atom stereocenters. The minimum Gasteiger partial charge on any atom is -0.456 e. The van der Waals surface area contributed by atoms with Crippen LogP contribution in [0, 0.1) is 6.92 Å². The maximum absolute atomic E-state index is 12.7. The molecule has 5 rings (SSSR count). The molecular weight excluding hydrogens is 430 g/mol. The summed E-state index contributed by atoms with van der Waals surface area (Å²) in [4.78, 5) is 41.8. The highest BCUT2D eigenvalue weighted by Crippen LogP contribution is 2.32. The number of hydrogen-bond acceptors (Lipinski definition) is 8. The molecule has 0 fully saturated rings. The van der Waals surface area contributed by atoms with Crippen LogP contribution >= 0.6 is 0 Å². The van der Waals surface area contributed by atoms with Gasteiger partial charge in [0.15, 0.2) is 17.1 Å². The van der Waals surface area contributed by atoms with Crippen LogP contribution < -0.4 is 20.3 Å². The van der Waals surface area contributed by atoms with Crippen LogP contribution in [0.25, 0.3) is 5.65 Å². The first-order valence-corrected chi connectivity index (χ1v) is 9.95. The largest absolute Gasteiger partial charge is 0.456 e. The molecule has 0 aliphatic carbocycles. The Labute approximate surface area is 186 Å². The zero-order chi connectivity index (χ0) is 22.9. The zero-order valence-electron chi connectivity index (χ0n) is 17.4. The van der Waals surface area contributed by atoms with E-state index >= 15 is 0 Å². The molecule has 1 aliphatic heterocycles. The average Bonchev–Trinajstić information content (AvgIpc) is 3.43. The summed E-state index contributed by atoms with van der Waals surface area (Å²) in [6.45, 7) is 1.57. The van der Waals surface area contributed by atoms with Crippen LogP contribution in [0.5, 0.6) is 11.5 Å². The Kier molecular flexibility index (Phi) is 5.02. The number of fused-ring (bicyclic) bond motifs is 2. The summed E-state index contributed by atoms with van der Waals surface area (Å²) in [5.74, 6) is 0.461. The fraction of sp³-hybridized carbons (Fsp3) is 0.130. The number of esters is 1. The van der Waals surface area contributed by atoms with Crippen molar-refractivity contribution in [1.29, 1.82) is 0 Å². The van der Waals surface area contributed by atoms with Gasteiger partial charge in [-0.05, 0) is 37.3 Å². The normalized spacial score (nSPS) is 12.0. The van der Waals surface area contributed by atoms with E-state index in [4.69, 9.17) is 18.7 Å². The number of carbonyl (C=O) groups excluding carboxylic acids is 2. The first-order chi connectivity index (χ1) is 16.0. The molecule has 0 saturated carbocycles. The molecule has 1 N–H and O–H groups in total. The number of hydrogen-bond donors (Lipinski definition) is 1. The van der Waals surface area contributed by atoms with Gasteiger partial charge in [0.2, 0.25) is 6.79 Å². The van der Waals surface area contributed by atoms with Crippen LogP contribution in [0.15, 0.2) is 63.9 Å². The zero-order valence-corrected chi connectivity index (χ0v) is 17.4. The number of nitrogens with one attached hydrogen (secondary N) is 1. The van der Waals surface area contributed by atoms with E-state index in [2.05, 4.69) is 10.3 Å². The lowest BCUT2D eigenvalue weighted by Crippen LogP contribution is -2.17. The number of ether oxygens (including phenoxy) is 3. The number of aryl methyl sites for hydroxylation is 1. The molecule has 1 aliphatic rings. The van der Waals surface area contributed by atoms with Crippen molar-refractivity contribution in [2.75, 3.05) is 12.1 Å². The van der Waals surface area contributed by atoms with Gasteiger partial charge in [-0.25, -0.2) is 9.78 Å². The van der Waals surface area contributed by atoms with Crippen molar-refractivity contribution >= 4 is 23.2 Å². The molecule has 3 heterocycles. The second-order valence-electron chi connectivity index (χ2n) is 7.23. The Morgan fingerprint density at radius 3 is 2.79 bits per heavy atom. The number of amides is 1. The van der Waals surface area contributed by atoms with Crippen LogP contribution in [0.2, 0.25) is 0 Å². The predicted molar refractivity (Wildman–Crippen MR) is 115 cm³/mol. The van der Waals surface area contributed by atoms with Gasteiger partial charge in [-0.2, -0.15) is 0 Å². The quantitative estimate of drug-likeness (QED) is 0.464. The van der Waals surface area contributed by atoms with Gasteiger partial charge in [-0.15, -0.1) is 4.57 Å². The highest BCUT2D eigenvalue weighted by molar-refractivity contribution is 6.08. The third-order valence-corrected chi connectivity index (χ3v) is 4.91. The van der Waals surface area contributed by atoms with Gasteiger partial charge in [0, 0.05) is 17.7 Å².